The number of hydrogen-bond donors (Lipinski definition) is 0. The van der Waals surface area contributed by atoms with Crippen LogP contribution in [0.15, 0.2) is 6.08 Å². The highest BCUT2D eigenvalue weighted by Crippen LogP contribution is 2.26. The zero-order valence-corrected chi connectivity index (χ0v) is 11.5. The van der Waals surface area contributed by atoms with Gasteiger partial charge in [0.1, 0.15) is 0 Å². The molecule has 1 rings (SSSR count). The van der Waals surface area contributed by atoms with E-state index in [2.05, 4.69) is 39.4 Å². The Kier molecular flexibility index (Phi) is 4.11. The summed E-state index contributed by atoms with van der Waals surface area (Å²) in [4.78, 5) is 11.1. The van der Waals surface area contributed by atoms with Crippen molar-refractivity contribution in [3.63, 3.8) is 0 Å². The molecule has 17 heavy (non-hydrogen) atoms. The van der Waals surface area contributed by atoms with Crippen LogP contribution in [0.3, 0.4) is 0 Å². The molecule has 0 N–H and O–H groups in total. The van der Waals surface area contributed by atoms with Gasteiger partial charge in [0.25, 0.3) is 0 Å². The van der Waals surface area contributed by atoms with Crippen LogP contribution in [0.4, 0.5) is 0 Å². The van der Waals surface area contributed by atoms with E-state index >= 15 is 0 Å². The molecule has 0 unspecified atom stereocenters. The number of rotatable bonds is 2. The molecule has 2 nitrogen and oxygen atoms in total. The fourth-order valence-electron chi connectivity index (χ4n) is 2.00. The van der Waals surface area contributed by atoms with Crippen LogP contribution in [-0.4, -0.2) is 13.1 Å². The van der Waals surface area contributed by atoms with Gasteiger partial charge in [0, 0.05) is 6.08 Å². The van der Waals surface area contributed by atoms with Crippen molar-refractivity contribution < 1.29 is 9.53 Å². The highest BCUT2D eigenvalue weighted by molar-refractivity contribution is 5.87. The number of methoxy groups -OCH3 is 1. The summed E-state index contributed by atoms with van der Waals surface area (Å²) in [6.45, 7) is 10.6. The molecule has 0 aliphatic rings. The van der Waals surface area contributed by atoms with Crippen LogP contribution in [0.25, 0.3) is 6.08 Å². The van der Waals surface area contributed by atoms with Crippen LogP contribution in [0.5, 0.6) is 0 Å². The standard InChI is InChI=1S/C15H20O2/c1-9-10(2)12(4)14(13(5)11(9)3)7-8-15(16)17-6/h7-8H,1-6H3/b8-7-. The van der Waals surface area contributed by atoms with E-state index in [-0.39, 0.29) is 5.97 Å². The van der Waals surface area contributed by atoms with Crippen LogP contribution in [0.1, 0.15) is 33.4 Å². The Morgan fingerprint density at radius 2 is 1.29 bits per heavy atom. The van der Waals surface area contributed by atoms with Crippen LogP contribution < -0.4 is 0 Å². The molecule has 92 valence electrons. The maximum absolute atomic E-state index is 11.1. The quantitative estimate of drug-likeness (QED) is 0.577. The summed E-state index contributed by atoms with van der Waals surface area (Å²) in [7, 11) is 1.39. The monoisotopic (exact) mass is 232 g/mol. The normalized spacial score (nSPS) is 10.9. The Labute approximate surface area is 103 Å². The SMILES string of the molecule is COC(=O)/C=C\c1c(C)c(C)c(C)c(C)c1C. The van der Waals surface area contributed by atoms with E-state index in [0.29, 0.717) is 0 Å². The fraction of sp³-hybridized carbons (Fsp3) is 0.400. The van der Waals surface area contributed by atoms with Crippen molar-refractivity contribution in [3.8, 4) is 0 Å². The summed E-state index contributed by atoms with van der Waals surface area (Å²) in [5, 5.41) is 0. The molecule has 0 spiro atoms. The van der Waals surface area contributed by atoms with Crippen LogP contribution in [0.2, 0.25) is 0 Å². The molecule has 0 amide bonds. The lowest BCUT2D eigenvalue weighted by atomic mass is 9.89. The predicted octanol–water partition coefficient (Wildman–Crippen LogP) is 3.41. The van der Waals surface area contributed by atoms with Gasteiger partial charge in [-0.25, -0.2) is 4.79 Å². The molecule has 0 heterocycles. The summed E-state index contributed by atoms with van der Waals surface area (Å²) in [5.41, 5.74) is 7.48. The molecule has 0 aliphatic carbocycles. The van der Waals surface area contributed by atoms with Crippen molar-refractivity contribution in [2.24, 2.45) is 0 Å². The molecule has 0 radical (unpaired) electrons. The first-order valence-corrected chi connectivity index (χ1v) is 5.73. The van der Waals surface area contributed by atoms with Crippen molar-refractivity contribution in [1.82, 2.24) is 0 Å². The van der Waals surface area contributed by atoms with E-state index < -0.39 is 0 Å². The molecule has 2 heteroatoms. The van der Waals surface area contributed by atoms with Gasteiger partial charge >= 0.3 is 5.97 Å². The van der Waals surface area contributed by atoms with Crippen LogP contribution >= 0.6 is 0 Å². The average Bonchev–Trinajstić information content (AvgIpc) is 2.33. The summed E-state index contributed by atoms with van der Waals surface area (Å²) >= 11 is 0. The molecule has 0 atom stereocenters. The van der Waals surface area contributed by atoms with E-state index in [4.69, 9.17) is 0 Å². The van der Waals surface area contributed by atoms with Crippen LogP contribution in [0, 0.1) is 34.6 Å². The number of ether oxygens (including phenoxy) is 1. The van der Waals surface area contributed by atoms with Crippen molar-refractivity contribution in [1.29, 1.82) is 0 Å². The predicted molar refractivity (Wildman–Crippen MR) is 71.2 cm³/mol. The number of benzene rings is 1. The van der Waals surface area contributed by atoms with E-state index in [0.717, 1.165) is 5.56 Å². The van der Waals surface area contributed by atoms with Crippen molar-refractivity contribution >= 4 is 12.0 Å². The molecule has 0 saturated heterocycles. The molecular formula is C15H20O2. The summed E-state index contributed by atoms with van der Waals surface area (Å²) in [6.07, 6.45) is 3.32. The molecular weight excluding hydrogens is 212 g/mol. The Bertz CT molecular complexity index is 453. The minimum atomic E-state index is -0.320. The highest BCUT2D eigenvalue weighted by atomic mass is 16.5. The van der Waals surface area contributed by atoms with Crippen molar-refractivity contribution in [3.05, 3.63) is 39.5 Å². The minimum Gasteiger partial charge on any atom is -0.466 e. The Hall–Kier alpha value is -1.57. The van der Waals surface area contributed by atoms with Gasteiger partial charge in [-0.3, -0.25) is 0 Å². The molecule has 0 saturated carbocycles. The maximum atomic E-state index is 11.1. The molecule has 0 aliphatic heterocycles. The summed E-state index contributed by atoms with van der Waals surface area (Å²) in [5.74, 6) is -0.320. The second-order valence-electron chi connectivity index (χ2n) is 4.40. The number of esters is 1. The van der Waals surface area contributed by atoms with Gasteiger partial charge in [-0.05, 0) is 74.1 Å². The zero-order valence-electron chi connectivity index (χ0n) is 11.5. The largest absolute Gasteiger partial charge is 0.466 e. The Morgan fingerprint density at radius 3 is 1.71 bits per heavy atom. The average molecular weight is 232 g/mol. The first-order valence-electron chi connectivity index (χ1n) is 5.73. The lowest BCUT2D eigenvalue weighted by Crippen LogP contribution is -2.00. The second kappa shape index (κ2) is 5.17. The highest BCUT2D eigenvalue weighted by Gasteiger charge is 2.10. The molecule has 0 bridgehead atoms. The summed E-state index contributed by atoms with van der Waals surface area (Å²) in [6, 6.07) is 0. The first-order chi connectivity index (χ1) is 7.90. The van der Waals surface area contributed by atoms with E-state index in [9.17, 15) is 4.79 Å². The lowest BCUT2D eigenvalue weighted by molar-refractivity contribution is -0.134. The molecule has 0 fully saturated rings. The van der Waals surface area contributed by atoms with E-state index in [1.807, 2.05) is 6.08 Å². The molecule has 0 aromatic heterocycles. The third-order valence-corrected chi connectivity index (χ3v) is 3.65. The second-order valence-corrected chi connectivity index (χ2v) is 4.40. The van der Waals surface area contributed by atoms with Crippen molar-refractivity contribution in [2.75, 3.05) is 7.11 Å². The molecule has 1 aromatic rings. The van der Waals surface area contributed by atoms with Gasteiger partial charge in [0.05, 0.1) is 7.11 Å². The van der Waals surface area contributed by atoms with Gasteiger partial charge in [0.15, 0.2) is 0 Å². The Balaban J connectivity index is 3.35. The lowest BCUT2D eigenvalue weighted by Gasteiger charge is -2.16. The van der Waals surface area contributed by atoms with Gasteiger partial charge < -0.3 is 4.74 Å². The van der Waals surface area contributed by atoms with E-state index in [1.54, 1.807) is 0 Å². The summed E-state index contributed by atoms with van der Waals surface area (Å²) < 4.78 is 4.61. The first kappa shape index (κ1) is 13.5. The van der Waals surface area contributed by atoms with Gasteiger partial charge in [-0.15, -0.1) is 0 Å². The maximum Gasteiger partial charge on any atom is 0.330 e. The van der Waals surface area contributed by atoms with Gasteiger partial charge in [-0.2, -0.15) is 0 Å². The van der Waals surface area contributed by atoms with E-state index in [1.165, 1.54) is 41.0 Å². The number of hydrogen-bond acceptors (Lipinski definition) is 2. The smallest absolute Gasteiger partial charge is 0.330 e. The zero-order chi connectivity index (χ0) is 13.2. The van der Waals surface area contributed by atoms with Gasteiger partial charge in [0.2, 0.25) is 0 Å². The Morgan fingerprint density at radius 1 is 0.882 bits per heavy atom. The third kappa shape index (κ3) is 2.57. The minimum absolute atomic E-state index is 0.320. The van der Waals surface area contributed by atoms with Gasteiger partial charge in [-0.1, -0.05) is 0 Å². The van der Waals surface area contributed by atoms with Crippen molar-refractivity contribution in [2.45, 2.75) is 34.6 Å². The number of carbonyl (C=O) groups excluding carboxylic acids is 1. The fourth-order valence-corrected chi connectivity index (χ4v) is 2.00. The topological polar surface area (TPSA) is 26.3 Å². The third-order valence-electron chi connectivity index (χ3n) is 3.65. The number of carbonyl (C=O) groups is 1. The van der Waals surface area contributed by atoms with Crippen LogP contribution in [-0.2, 0) is 9.53 Å². The molecule has 1 aromatic carbocycles.